The zero-order chi connectivity index (χ0) is 17.5. The van der Waals surface area contributed by atoms with Gasteiger partial charge in [0.1, 0.15) is 5.69 Å². The molecule has 0 saturated carbocycles. The fourth-order valence-corrected chi connectivity index (χ4v) is 3.98. The number of hydrogen-bond acceptors (Lipinski definition) is 3. The van der Waals surface area contributed by atoms with Crippen LogP contribution < -0.4 is 4.72 Å². The molecule has 3 rings (SSSR count). The molecule has 1 heterocycles. The lowest BCUT2D eigenvalue weighted by Gasteiger charge is -2.09. The van der Waals surface area contributed by atoms with Crippen LogP contribution in [0.3, 0.4) is 0 Å². The Morgan fingerprint density at radius 3 is 2.33 bits per heavy atom. The van der Waals surface area contributed by atoms with E-state index < -0.39 is 16.0 Å². The van der Waals surface area contributed by atoms with Crippen molar-refractivity contribution in [3.8, 4) is 0 Å². The van der Waals surface area contributed by atoms with Crippen LogP contribution in [0.2, 0.25) is 10.0 Å². The summed E-state index contributed by atoms with van der Waals surface area (Å²) in [4.78, 5) is 13.6. The van der Waals surface area contributed by atoms with E-state index in [-0.39, 0.29) is 26.3 Å². The third-order valence-corrected chi connectivity index (χ3v) is 5.05. The van der Waals surface area contributed by atoms with Gasteiger partial charge in [-0.05, 0) is 42.5 Å². The first-order valence-corrected chi connectivity index (χ1v) is 8.83. The van der Waals surface area contributed by atoms with Gasteiger partial charge in [0.05, 0.1) is 4.90 Å². The summed E-state index contributed by atoms with van der Waals surface area (Å²) in [5.74, 6) is -1.10. The lowest BCUT2D eigenvalue weighted by molar-refractivity contribution is 0.0691. The van der Waals surface area contributed by atoms with Crippen molar-refractivity contribution >= 4 is 55.8 Å². The molecule has 3 N–H and O–H groups in total. The van der Waals surface area contributed by atoms with Crippen molar-refractivity contribution in [2.24, 2.45) is 0 Å². The fraction of sp³-hybridized carbons (Fsp3) is 0. The van der Waals surface area contributed by atoms with Crippen molar-refractivity contribution in [2.45, 2.75) is 4.90 Å². The molecule has 6 nitrogen and oxygen atoms in total. The summed E-state index contributed by atoms with van der Waals surface area (Å²) in [6.45, 7) is 0. The Balaban J connectivity index is 1.97. The average molecular weight is 385 g/mol. The monoisotopic (exact) mass is 384 g/mol. The van der Waals surface area contributed by atoms with Crippen molar-refractivity contribution in [3.05, 3.63) is 58.2 Å². The van der Waals surface area contributed by atoms with Crippen LogP contribution in [0.5, 0.6) is 0 Å². The highest BCUT2D eigenvalue weighted by Gasteiger charge is 2.16. The number of sulfonamides is 1. The van der Waals surface area contributed by atoms with Gasteiger partial charge in [0, 0.05) is 26.6 Å². The maximum Gasteiger partial charge on any atom is 0.352 e. The molecule has 0 spiro atoms. The second-order valence-corrected chi connectivity index (χ2v) is 7.56. The van der Waals surface area contributed by atoms with Crippen molar-refractivity contribution < 1.29 is 18.3 Å². The van der Waals surface area contributed by atoms with Gasteiger partial charge in [0.2, 0.25) is 0 Å². The Kier molecular flexibility index (Phi) is 4.16. The Labute approximate surface area is 147 Å². The average Bonchev–Trinajstić information content (AvgIpc) is 2.89. The minimum Gasteiger partial charge on any atom is -0.477 e. The van der Waals surface area contributed by atoms with Gasteiger partial charge in [0.15, 0.2) is 0 Å². The predicted molar refractivity (Wildman–Crippen MR) is 92.5 cm³/mol. The molecule has 0 atom stereocenters. The quantitative estimate of drug-likeness (QED) is 0.633. The molecule has 0 aliphatic heterocycles. The Bertz CT molecular complexity index is 1040. The number of aromatic nitrogens is 1. The van der Waals surface area contributed by atoms with Crippen molar-refractivity contribution in [3.63, 3.8) is 0 Å². The normalized spacial score (nSPS) is 11.6. The van der Waals surface area contributed by atoms with Crippen molar-refractivity contribution in [1.82, 2.24) is 4.98 Å². The second kappa shape index (κ2) is 6.01. The molecular weight excluding hydrogens is 375 g/mol. The number of rotatable bonds is 4. The first kappa shape index (κ1) is 16.6. The minimum absolute atomic E-state index is 0.0200. The molecule has 24 heavy (non-hydrogen) atoms. The van der Waals surface area contributed by atoms with E-state index in [4.69, 9.17) is 28.3 Å². The molecular formula is C15H10Cl2N2O4S. The largest absolute Gasteiger partial charge is 0.477 e. The number of nitrogens with one attached hydrogen (secondary N) is 2. The van der Waals surface area contributed by atoms with E-state index in [1.54, 1.807) is 6.07 Å². The fourth-order valence-electron chi connectivity index (χ4n) is 2.21. The highest BCUT2D eigenvalue weighted by molar-refractivity contribution is 7.92. The molecule has 0 unspecified atom stereocenters. The Hall–Kier alpha value is -2.22. The van der Waals surface area contributed by atoms with E-state index in [0.717, 1.165) is 0 Å². The first-order chi connectivity index (χ1) is 11.2. The van der Waals surface area contributed by atoms with Crippen LogP contribution in [0, 0.1) is 0 Å². The number of carboxylic acid groups (broad SMARTS) is 1. The zero-order valence-corrected chi connectivity index (χ0v) is 14.2. The van der Waals surface area contributed by atoms with Gasteiger partial charge in [0.25, 0.3) is 10.0 Å². The summed E-state index contributed by atoms with van der Waals surface area (Å²) in [7, 11) is -3.88. The molecule has 124 valence electrons. The van der Waals surface area contributed by atoms with Crippen LogP contribution in [-0.4, -0.2) is 24.5 Å². The number of carbonyl (C=O) groups is 1. The summed E-state index contributed by atoms with van der Waals surface area (Å²) in [5, 5.41) is 9.95. The number of hydrogen-bond donors (Lipinski definition) is 3. The van der Waals surface area contributed by atoms with Gasteiger partial charge in [-0.1, -0.05) is 23.2 Å². The van der Waals surface area contributed by atoms with Gasteiger partial charge >= 0.3 is 5.97 Å². The third kappa shape index (κ3) is 3.33. The van der Waals surface area contributed by atoms with E-state index in [9.17, 15) is 13.2 Å². The van der Waals surface area contributed by atoms with Gasteiger partial charge in [-0.3, -0.25) is 4.72 Å². The number of aromatic carboxylic acids is 1. The second-order valence-electron chi connectivity index (χ2n) is 5.00. The van der Waals surface area contributed by atoms with E-state index in [1.165, 1.54) is 36.4 Å². The summed E-state index contributed by atoms with van der Waals surface area (Å²) >= 11 is 11.7. The predicted octanol–water partition coefficient (Wildman–Crippen LogP) is 3.97. The molecule has 1 aromatic heterocycles. The number of anilines is 1. The van der Waals surface area contributed by atoms with Crippen LogP contribution in [-0.2, 0) is 10.0 Å². The van der Waals surface area contributed by atoms with Gasteiger partial charge in [-0.15, -0.1) is 0 Å². The highest BCUT2D eigenvalue weighted by Crippen LogP contribution is 2.26. The molecule has 0 amide bonds. The zero-order valence-electron chi connectivity index (χ0n) is 11.9. The van der Waals surface area contributed by atoms with E-state index in [2.05, 4.69) is 9.71 Å². The number of benzene rings is 2. The van der Waals surface area contributed by atoms with E-state index in [1.807, 2.05) is 0 Å². The summed E-state index contributed by atoms with van der Waals surface area (Å²) < 4.78 is 27.3. The van der Waals surface area contributed by atoms with Crippen LogP contribution in [0.25, 0.3) is 10.9 Å². The Morgan fingerprint density at radius 2 is 1.71 bits per heavy atom. The smallest absolute Gasteiger partial charge is 0.352 e. The van der Waals surface area contributed by atoms with Gasteiger partial charge < -0.3 is 10.1 Å². The first-order valence-electron chi connectivity index (χ1n) is 6.59. The number of H-pyrrole nitrogens is 1. The maximum absolute atomic E-state index is 12.4. The number of aromatic amines is 1. The van der Waals surface area contributed by atoms with E-state index in [0.29, 0.717) is 10.9 Å². The molecule has 0 bridgehead atoms. The van der Waals surface area contributed by atoms with Crippen LogP contribution >= 0.6 is 23.2 Å². The van der Waals surface area contributed by atoms with Crippen LogP contribution in [0.4, 0.5) is 5.69 Å². The molecule has 0 saturated heterocycles. The van der Waals surface area contributed by atoms with Gasteiger partial charge in [-0.2, -0.15) is 0 Å². The maximum atomic E-state index is 12.4. The number of fused-ring (bicyclic) bond motifs is 1. The summed E-state index contributed by atoms with van der Waals surface area (Å²) in [6, 6.07) is 10.1. The number of carboxylic acids is 1. The SMILES string of the molecule is O=C(O)c1cc2cc(NS(=O)(=O)c3cc(Cl)cc(Cl)c3)ccc2[nH]1. The van der Waals surface area contributed by atoms with Crippen molar-refractivity contribution in [2.75, 3.05) is 4.72 Å². The lowest BCUT2D eigenvalue weighted by atomic mass is 10.2. The van der Waals surface area contributed by atoms with Crippen LogP contribution in [0.1, 0.15) is 10.5 Å². The Morgan fingerprint density at radius 1 is 1.04 bits per heavy atom. The number of halogens is 2. The third-order valence-electron chi connectivity index (χ3n) is 3.25. The summed E-state index contributed by atoms with van der Waals surface area (Å²) in [6.07, 6.45) is 0. The standard InChI is InChI=1S/C15H10Cl2N2O4S/c16-9-5-10(17)7-12(6-9)24(22,23)19-11-1-2-13-8(3-11)4-14(18-13)15(20)21/h1-7,18-19H,(H,20,21). The molecule has 0 aliphatic carbocycles. The lowest BCUT2D eigenvalue weighted by Crippen LogP contribution is -2.12. The molecule has 0 radical (unpaired) electrons. The highest BCUT2D eigenvalue weighted by atomic mass is 35.5. The minimum atomic E-state index is -3.88. The molecule has 2 aromatic carbocycles. The topological polar surface area (TPSA) is 99.3 Å². The van der Waals surface area contributed by atoms with Gasteiger partial charge in [-0.25, -0.2) is 13.2 Å². The molecule has 9 heteroatoms. The van der Waals surface area contributed by atoms with Crippen molar-refractivity contribution in [1.29, 1.82) is 0 Å². The van der Waals surface area contributed by atoms with E-state index >= 15 is 0 Å². The molecule has 0 aliphatic rings. The van der Waals surface area contributed by atoms with Crippen LogP contribution in [0.15, 0.2) is 47.4 Å². The molecule has 0 fully saturated rings. The molecule has 3 aromatic rings. The summed E-state index contributed by atoms with van der Waals surface area (Å²) in [5.41, 5.74) is 0.891.